The second-order valence-corrected chi connectivity index (χ2v) is 19.2. The lowest BCUT2D eigenvalue weighted by molar-refractivity contribution is -0.139. The molecule has 0 spiro atoms. The molecule has 77 heavy (non-hydrogen) atoms. The fourth-order valence-corrected chi connectivity index (χ4v) is 7.98. The summed E-state index contributed by atoms with van der Waals surface area (Å²) in [6, 6.07) is 2.14. The number of likely N-dealkylation sites (tertiary alicyclic amines) is 2. The third-order valence-electron chi connectivity index (χ3n) is 12.5. The van der Waals surface area contributed by atoms with Gasteiger partial charge in [0.15, 0.2) is 0 Å². The van der Waals surface area contributed by atoms with Crippen LogP contribution in [0, 0.1) is 5.92 Å². The molecule has 2 aliphatic heterocycles. The number of hydrogen-bond donors (Lipinski definition) is 14. The number of anilines is 1. The van der Waals surface area contributed by atoms with Crippen LogP contribution in [0.2, 0.25) is 0 Å². The average molecular weight is 1100 g/mol. The zero-order valence-electron chi connectivity index (χ0n) is 43.6. The first-order chi connectivity index (χ1) is 36.5. The first-order valence-electron chi connectivity index (χ1n) is 25.1. The van der Waals surface area contributed by atoms with Gasteiger partial charge in [-0.25, -0.2) is 0 Å². The summed E-state index contributed by atoms with van der Waals surface area (Å²) >= 11 is 4.02. The van der Waals surface area contributed by atoms with Gasteiger partial charge in [0.2, 0.25) is 70.9 Å². The summed E-state index contributed by atoms with van der Waals surface area (Å²) in [5.74, 6) is -8.17. The first kappa shape index (κ1) is 64.2. The Morgan fingerprint density at radius 2 is 1.34 bits per heavy atom. The predicted molar refractivity (Wildman–Crippen MR) is 277 cm³/mol. The highest BCUT2D eigenvalue weighted by molar-refractivity contribution is 7.81. The number of rotatable bonds is 33. The van der Waals surface area contributed by atoms with E-state index in [9.17, 15) is 72.5 Å². The molecule has 12 amide bonds. The highest BCUT2D eigenvalue weighted by Crippen LogP contribution is 2.18. The van der Waals surface area contributed by atoms with Gasteiger partial charge >= 0.3 is 0 Å². The molecule has 28 nitrogen and oxygen atoms in total. The smallest absolute Gasteiger partial charge is 0.246 e. The van der Waals surface area contributed by atoms with Gasteiger partial charge < -0.3 is 78.4 Å². The molecule has 2 aliphatic rings. The molecule has 2 fully saturated rings. The van der Waals surface area contributed by atoms with E-state index in [1.54, 1.807) is 26.0 Å². The molecule has 1 aromatic carbocycles. The Morgan fingerprint density at radius 1 is 0.753 bits per heavy atom. The third kappa shape index (κ3) is 23.4. The maximum absolute atomic E-state index is 13.1. The predicted octanol–water partition coefficient (Wildman–Crippen LogP) is -5.83. The number of carbonyl (C=O) groups excluding carboxylic acids is 13. The molecule has 1 unspecified atom stereocenters. The number of nitrogens with zero attached hydrogens (tertiary/aromatic N) is 2. The van der Waals surface area contributed by atoms with Crippen LogP contribution >= 0.6 is 12.6 Å². The van der Waals surface area contributed by atoms with Crippen molar-refractivity contribution in [3.8, 4) is 0 Å². The number of aliphatic hydroxyl groups excluding tert-OH is 2. The summed E-state index contributed by atoms with van der Waals surface area (Å²) in [6.07, 6.45) is 0.727. The molecule has 2 heterocycles. The monoisotopic (exact) mass is 1100 g/mol. The van der Waals surface area contributed by atoms with E-state index in [4.69, 9.17) is 0 Å². The van der Waals surface area contributed by atoms with E-state index in [0.717, 1.165) is 24.3 Å². The number of aliphatic hydroxyl groups is 2. The van der Waals surface area contributed by atoms with Gasteiger partial charge in [-0.15, -0.1) is 0 Å². The van der Waals surface area contributed by atoms with Gasteiger partial charge in [0.05, 0.1) is 69.2 Å². The van der Waals surface area contributed by atoms with Crippen molar-refractivity contribution in [2.24, 2.45) is 5.92 Å². The largest absolute Gasteiger partial charge is 0.394 e. The van der Waals surface area contributed by atoms with Crippen molar-refractivity contribution < 1.29 is 72.5 Å². The Hall–Kier alpha value is -7.08. The summed E-state index contributed by atoms with van der Waals surface area (Å²) in [5, 5.41) is 46.0. The van der Waals surface area contributed by atoms with Crippen LogP contribution < -0.4 is 58.5 Å². The van der Waals surface area contributed by atoms with Gasteiger partial charge in [-0.2, -0.15) is 12.6 Å². The van der Waals surface area contributed by atoms with Crippen LogP contribution in [0.3, 0.4) is 0 Å². The Balaban J connectivity index is 1.32. The van der Waals surface area contributed by atoms with E-state index in [-0.39, 0.29) is 38.4 Å². The molecular weight excluding hydrogens is 1030 g/mol. The Kier molecular flexibility index (Phi) is 27.7. The van der Waals surface area contributed by atoms with Crippen LogP contribution in [0.5, 0.6) is 0 Å². The van der Waals surface area contributed by atoms with E-state index >= 15 is 0 Å². The molecule has 0 saturated carbocycles. The molecule has 29 heteroatoms. The summed E-state index contributed by atoms with van der Waals surface area (Å²) in [6.45, 7) is 2.81. The number of imide groups is 1. The third-order valence-corrected chi connectivity index (χ3v) is 12.9. The molecule has 0 bridgehead atoms. The van der Waals surface area contributed by atoms with Gasteiger partial charge in [0, 0.05) is 44.2 Å². The van der Waals surface area contributed by atoms with E-state index in [1.165, 1.54) is 19.1 Å². The molecule has 1 aromatic rings. The minimum absolute atomic E-state index is 0.00470. The van der Waals surface area contributed by atoms with E-state index < -0.39 is 158 Å². The SMILES string of the molecule is CC[C@H](C)[C@H](NC(=O)CNC(=O)CNC(=O)[C@H](C[C@@H](O)CO)NC[C@@H]1CCCN1C)C(=O)NCC(=O)NCC(=O)N[C@H](C=O)CC(=O)NCc1ccc(NC(=O)[C@H](C)NC(=O)CNC(=O)CCN2C(=O)CC(S)C2=O)cc1. The van der Waals surface area contributed by atoms with Crippen LogP contribution in [0.1, 0.15) is 71.3 Å². The molecule has 8 atom stereocenters. The Bertz CT molecular complexity index is 2280. The fourth-order valence-electron chi connectivity index (χ4n) is 7.68. The quantitative estimate of drug-likeness (QED) is 0.0177. The van der Waals surface area contributed by atoms with Gasteiger partial charge in [-0.05, 0) is 63.4 Å². The van der Waals surface area contributed by atoms with Gasteiger partial charge in [0.1, 0.15) is 18.4 Å². The zero-order valence-corrected chi connectivity index (χ0v) is 44.5. The van der Waals surface area contributed by atoms with Crippen LogP contribution in [0.4, 0.5) is 5.69 Å². The van der Waals surface area contributed by atoms with Crippen molar-refractivity contribution in [2.75, 3.05) is 71.3 Å². The number of amides is 12. The molecular formula is C48H73N13O15S. The maximum Gasteiger partial charge on any atom is 0.246 e. The lowest BCUT2D eigenvalue weighted by Gasteiger charge is -2.25. The topological polar surface area (TPSA) is 401 Å². The molecule has 0 radical (unpaired) electrons. The van der Waals surface area contributed by atoms with Crippen molar-refractivity contribution in [3.05, 3.63) is 29.8 Å². The number of thiol groups is 1. The first-order valence-corrected chi connectivity index (χ1v) is 25.7. The van der Waals surface area contributed by atoms with Crippen LogP contribution in [0.15, 0.2) is 24.3 Å². The van der Waals surface area contributed by atoms with Crippen LogP contribution in [0.25, 0.3) is 0 Å². The normalized spacial score (nSPS) is 17.5. The Morgan fingerprint density at radius 3 is 1.90 bits per heavy atom. The number of nitrogens with one attached hydrogen (secondary N) is 11. The number of hydrogen-bond acceptors (Lipinski definition) is 18. The second kappa shape index (κ2) is 33.2. The molecule has 2 saturated heterocycles. The summed E-state index contributed by atoms with van der Waals surface area (Å²) in [7, 11) is 1.97. The standard InChI is InChI=1S/C48H73N13O15S/c1-5-27(2)44(59-42(71)24-53-38(67)20-54-46(74)34(16-33(64)26-63)49-19-32-7-6-13-60(32)4)47(75)55-21-39(68)52-23-41(70)57-31(25-62)15-37(66)50-18-29-8-10-30(11-9-29)58-45(73)28(3)56-40(69)22-51-36(65)12-14-61-43(72)17-35(77)48(61)76/h8-11,25,27-28,31-35,44,49,63-64,77H,5-7,12-24,26H2,1-4H3,(H,50,66)(H,51,65)(H,52,68)(H,53,67)(H,54,74)(H,55,75)(H,56,69)(H,57,70)(H,58,73)(H,59,71)/t27-,28-,31-,32-,33+,34-,35?,44-/m0/s1. The fraction of sp³-hybridized carbons (Fsp3) is 0.604. The number of carbonyl (C=O) groups is 13. The number of aldehydes is 1. The molecule has 3 rings (SSSR count). The second-order valence-electron chi connectivity index (χ2n) is 18.6. The van der Waals surface area contributed by atoms with Gasteiger partial charge in [-0.1, -0.05) is 32.4 Å². The number of benzene rings is 1. The maximum atomic E-state index is 13.1. The van der Waals surface area contributed by atoms with Crippen molar-refractivity contribution in [1.29, 1.82) is 0 Å². The summed E-state index contributed by atoms with van der Waals surface area (Å²) < 4.78 is 0. The Labute approximate surface area is 450 Å². The molecule has 0 aliphatic carbocycles. The van der Waals surface area contributed by atoms with E-state index in [0.29, 0.717) is 30.5 Å². The van der Waals surface area contributed by atoms with Crippen molar-refractivity contribution in [2.45, 2.75) is 114 Å². The summed E-state index contributed by atoms with van der Waals surface area (Å²) in [4.78, 5) is 165. The highest BCUT2D eigenvalue weighted by atomic mass is 32.1. The van der Waals surface area contributed by atoms with Crippen molar-refractivity contribution in [3.63, 3.8) is 0 Å². The van der Waals surface area contributed by atoms with E-state index in [2.05, 4.69) is 76.0 Å². The van der Waals surface area contributed by atoms with Crippen LogP contribution in [-0.2, 0) is 68.9 Å². The molecule has 0 aromatic heterocycles. The number of likely N-dealkylation sites (N-methyl/N-ethyl adjacent to an activating group) is 1. The lowest BCUT2D eigenvalue weighted by Crippen LogP contribution is -2.54. The lowest BCUT2D eigenvalue weighted by atomic mass is 9.98. The van der Waals surface area contributed by atoms with Crippen molar-refractivity contribution in [1.82, 2.24) is 63.0 Å². The van der Waals surface area contributed by atoms with E-state index in [1.807, 2.05) is 7.05 Å². The molecule has 426 valence electrons. The van der Waals surface area contributed by atoms with Gasteiger partial charge in [0.25, 0.3) is 0 Å². The van der Waals surface area contributed by atoms with Crippen LogP contribution in [-0.4, -0.2) is 205 Å². The minimum atomic E-state index is -1.26. The minimum Gasteiger partial charge on any atom is -0.394 e. The summed E-state index contributed by atoms with van der Waals surface area (Å²) in [5.41, 5.74) is 0.952. The van der Waals surface area contributed by atoms with Gasteiger partial charge in [-0.3, -0.25) is 62.4 Å². The molecule has 13 N–H and O–H groups in total. The highest BCUT2D eigenvalue weighted by Gasteiger charge is 2.36. The zero-order chi connectivity index (χ0) is 57.2. The average Bonchev–Trinajstić information content (AvgIpc) is 3.93. The van der Waals surface area contributed by atoms with Crippen molar-refractivity contribution >= 4 is 95.5 Å².